The minimum absolute atomic E-state index is 0.217. The maximum absolute atomic E-state index is 13.0. The lowest BCUT2D eigenvalue weighted by Gasteiger charge is -2.34. The van der Waals surface area contributed by atoms with Crippen LogP contribution in [0.5, 0.6) is 0 Å². The topological polar surface area (TPSA) is 47.6 Å². The van der Waals surface area contributed by atoms with Gasteiger partial charge >= 0.3 is 7.60 Å². The van der Waals surface area contributed by atoms with Crippen molar-refractivity contribution >= 4 is 36.5 Å². The molecule has 4 nitrogen and oxygen atoms in total. The fourth-order valence-electron chi connectivity index (χ4n) is 2.97. The molecule has 2 rings (SSSR count). The van der Waals surface area contributed by atoms with Crippen molar-refractivity contribution in [2.45, 2.75) is 37.9 Å². The summed E-state index contributed by atoms with van der Waals surface area (Å²) in [6.07, 6.45) is 5.45. The molecule has 7 heteroatoms. The normalized spacial score (nSPS) is 18.2. The van der Waals surface area contributed by atoms with Gasteiger partial charge in [-0.15, -0.1) is 0 Å². The number of rotatable bonds is 6. The lowest BCUT2D eigenvalue weighted by Crippen LogP contribution is -2.32. The molecular weight excluding hydrogens is 344 g/mol. The van der Waals surface area contributed by atoms with E-state index >= 15 is 0 Å². The molecule has 1 aromatic carbocycles. The summed E-state index contributed by atoms with van der Waals surface area (Å²) in [5.74, 6) is -0.215. The van der Waals surface area contributed by atoms with Crippen LogP contribution in [0.3, 0.4) is 0 Å². The Kier molecular flexibility index (Phi) is 6.60. The SMILES string of the molecule is COP(=O)(OC)C(Nc1cc(Cl)ccc1Cl)C1CCCCC1. The molecule has 1 fully saturated rings. The van der Waals surface area contributed by atoms with Crippen molar-refractivity contribution in [3.8, 4) is 0 Å². The highest BCUT2D eigenvalue weighted by molar-refractivity contribution is 7.54. The van der Waals surface area contributed by atoms with Crippen LogP contribution in [0.4, 0.5) is 5.69 Å². The summed E-state index contributed by atoms with van der Waals surface area (Å²) in [5, 5.41) is 4.37. The van der Waals surface area contributed by atoms with Gasteiger partial charge in [0.25, 0.3) is 0 Å². The Morgan fingerprint density at radius 2 is 1.82 bits per heavy atom. The maximum Gasteiger partial charge on any atom is 0.352 e. The van der Waals surface area contributed by atoms with Crippen molar-refractivity contribution < 1.29 is 13.6 Å². The van der Waals surface area contributed by atoms with E-state index < -0.39 is 13.4 Å². The lowest BCUT2D eigenvalue weighted by atomic mass is 9.89. The molecule has 0 heterocycles. The third-order valence-electron chi connectivity index (χ3n) is 4.18. The number of anilines is 1. The highest BCUT2D eigenvalue weighted by atomic mass is 35.5. The third-order valence-corrected chi connectivity index (χ3v) is 6.99. The van der Waals surface area contributed by atoms with E-state index in [0.717, 1.165) is 25.7 Å². The average Bonchev–Trinajstić information content (AvgIpc) is 2.55. The van der Waals surface area contributed by atoms with Crippen LogP contribution in [0.15, 0.2) is 18.2 Å². The lowest BCUT2D eigenvalue weighted by molar-refractivity contribution is 0.244. The monoisotopic (exact) mass is 365 g/mol. The predicted molar refractivity (Wildman–Crippen MR) is 92.1 cm³/mol. The van der Waals surface area contributed by atoms with Crippen molar-refractivity contribution in [3.63, 3.8) is 0 Å². The van der Waals surface area contributed by atoms with Crippen LogP contribution >= 0.6 is 30.8 Å². The van der Waals surface area contributed by atoms with Crippen LogP contribution in [0.25, 0.3) is 0 Å². The summed E-state index contributed by atoms with van der Waals surface area (Å²) in [6, 6.07) is 5.17. The zero-order valence-corrected chi connectivity index (χ0v) is 15.3. The van der Waals surface area contributed by atoms with Gasteiger partial charge in [-0.05, 0) is 37.0 Å². The van der Waals surface area contributed by atoms with E-state index in [1.165, 1.54) is 20.6 Å². The summed E-state index contributed by atoms with van der Waals surface area (Å²) in [7, 11) is -0.437. The Labute approximate surface area is 142 Å². The van der Waals surface area contributed by atoms with Crippen molar-refractivity contribution in [2.24, 2.45) is 5.92 Å². The molecule has 1 unspecified atom stereocenters. The molecule has 1 saturated carbocycles. The summed E-state index contributed by atoms with van der Waals surface area (Å²) in [5.41, 5.74) is 0.652. The number of hydrogen-bond donors (Lipinski definition) is 1. The van der Waals surface area contributed by atoms with E-state index in [2.05, 4.69) is 5.32 Å². The van der Waals surface area contributed by atoms with Gasteiger partial charge in [-0.2, -0.15) is 0 Å². The quantitative estimate of drug-likeness (QED) is 0.647. The zero-order valence-electron chi connectivity index (χ0n) is 12.9. The van der Waals surface area contributed by atoms with Crippen LogP contribution in [0, 0.1) is 5.92 Å². The van der Waals surface area contributed by atoms with Crippen LogP contribution < -0.4 is 5.32 Å². The second kappa shape index (κ2) is 8.03. The molecule has 0 aromatic heterocycles. The van der Waals surface area contributed by atoms with Gasteiger partial charge in [0.05, 0.1) is 10.7 Å². The van der Waals surface area contributed by atoms with Gasteiger partial charge in [0.2, 0.25) is 0 Å². The first-order valence-electron chi connectivity index (χ1n) is 7.43. The Bertz CT molecular complexity index is 542. The summed E-state index contributed by atoms with van der Waals surface area (Å²) in [6.45, 7) is 0. The van der Waals surface area contributed by atoms with E-state index in [1.54, 1.807) is 18.2 Å². The Hall–Kier alpha value is -0.250. The minimum Gasteiger partial charge on any atom is -0.370 e. The van der Waals surface area contributed by atoms with Crippen molar-refractivity contribution in [3.05, 3.63) is 28.2 Å². The van der Waals surface area contributed by atoms with E-state index in [4.69, 9.17) is 32.2 Å². The van der Waals surface area contributed by atoms with Crippen LogP contribution in [-0.4, -0.2) is 20.0 Å². The Morgan fingerprint density at radius 1 is 1.18 bits per heavy atom. The molecule has 22 heavy (non-hydrogen) atoms. The molecule has 1 N–H and O–H groups in total. The highest BCUT2D eigenvalue weighted by Gasteiger charge is 2.40. The van der Waals surface area contributed by atoms with Crippen molar-refractivity contribution in [1.29, 1.82) is 0 Å². The van der Waals surface area contributed by atoms with E-state index in [1.807, 2.05) is 0 Å². The molecule has 1 aliphatic carbocycles. The molecule has 0 radical (unpaired) electrons. The van der Waals surface area contributed by atoms with Gasteiger partial charge in [-0.3, -0.25) is 4.57 Å². The summed E-state index contributed by atoms with van der Waals surface area (Å²) >= 11 is 12.3. The first-order chi connectivity index (χ1) is 10.5. The van der Waals surface area contributed by atoms with Crippen LogP contribution in [0.1, 0.15) is 32.1 Å². The summed E-state index contributed by atoms with van der Waals surface area (Å²) in [4.78, 5) is 0. The van der Waals surface area contributed by atoms with Gasteiger partial charge in [-0.25, -0.2) is 0 Å². The standard InChI is InChI=1S/C15H22Cl2NO3P/c1-20-22(19,21-2)15(11-6-4-3-5-7-11)18-14-10-12(16)8-9-13(14)17/h8-11,15,18H,3-7H2,1-2H3. The molecule has 0 saturated heterocycles. The van der Waals surface area contributed by atoms with Crippen molar-refractivity contribution in [2.75, 3.05) is 19.5 Å². The van der Waals surface area contributed by atoms with Gasteiger partial charge in [0.1, 0.15) is 5.78 Å². The van der Waals surface area contributed by atoms with Gasteiger partial charge in [0.15, 0.2) is 0 Å². The predicted octanol–water partition coefficient (Wildman–Crippen LogP) is 5.80. The summed E-state index contributed by atoms with van der Waals surface area (Å²) < 4.78 is 23.4. The molecule has 0 spiro atoms. The number of halogens is 2. The third kappa shape index (κ3) is 4.18. The van der Waals surface area contributed by atoms with Crippen LogP contribution in [0.2, 0.25) is 10.0 Å². The second-order valence-corrected chi connectivity index (χ2v) is 8.73. The molecule has 124 valence electrons. The molecule has 0 amide bonds. The molecule has 1 atom stereocenters. The first kappa shape index (κ1) is 18.1. The van der Waals surface area contributed by atoms with Crippen molar-refractivity contribution in [1.82, 2.24) is 0 Å². The van der Waals surface area contributed by atoms with Gasteiger partial charge in [-0.1, -0.05) is 42.5 Å². The minimum atomic E-state index is -3.27. The average molecular weight is 366 g/mol. The number of benzene rings is 1. The number of hydrogen-bond acceptors (Lipinski definition) is 4. The second-order valence-electron chi connectivity index (χ2n) is 5.52. The fourth-order valence-corrected chi connectivity index (χ4v) is 5.03. The maximum atomic E-state index is 13.0. The molecule has 0 bridgehead atoms. The Morgan fingerprint density at radius 3 is 2.41 bits per heavy atom. The zero-order chi connectivity index (χ0) is 16.2. The largest absolute Gasteiger partial charge is 0.370 e. The molecule has 1 aromatic rings. The van der Waals surface area contributed by atoms with Gasteiger partial charge < -0.3 is 14.4 Å². The molecule has 0 aliphatic heterocycles. The smallest absolute Gasteiger partial charge is 0.352 e. The van der Waals surface area contributed by atoms with E-state index in [-0.39, 0.29) is 5.92 Å². The van der Waals surface area contributed by atoms with E-state index in [0.29, 0.717) is 15.7 Å². The highest BCUT2D eigenvalue weighted by Crippen LogP contribution is 2.56. The van der Waals surface area contributed by atoms with Gasteiger partial charge in [0, 0.05) is 19.2 Å². The Balaban J connectivity index is 2.31. The first-order valence-corrected chi connectivity index (χ1v) is 9.79. The molecular formula is C15H22Cl2NO3P. The van der Waals surface area contributed by atoms with Crippen LogP contribution in [-0.2, 0) is 13.6 Å². The molecule has 1 aliphatic rings. The van der Waals surface area contributed by atoms with E-state index in [9.17, 15) is 4.57 Å². The number of nitrogens with one attached hydrogen (secondary N) is 1. The fraction of sp³-hybridized carbons (Fsp3) is 0.600.